The van der Waals surface area contributed by atoms with Crippen LogP contribution < -0.4 is 11.1 Å². The molecule has 1 heterocycles. The molecule has 6 nitrogen and oxygen atoms in total. The molecule has 1 aliphatic heterocycles. The number of amides is 2. The lowest BCUT2D eigenvalue weighted by atomic mass is 9.97. The van der Waals surface area contributed by atoms with E-state index in [1.807, 2.05) is 0 Å². The molecule has 21 heavy (non-hydrogen) atoms. The number of rotatable bonds is 2. The molecular weight excluding hydrogens is 315 g/mol. The van der Waals surface area contributed by atoms with Crippen LogP contribution in [-0.4, -0.2) is 35.1 Å². The van der Waals surface area contributed by atoms with Crippen molar-refractivity contribution in [2.24, 2.45) is 16.8 Å². The number of anilines is 1. The standard InChI is InChI=1S/C13H16Cl2N4O2/c14-9-4-10(15)6-11(5-9)17-13(20)19-3-1-2-8(7-19)12(16)18-21/h4-6,8,21H,1-3,7H2,(H2,16,18)(H,17,20). The maximum Gasteiger partial charge on any atom is 0.321 e. The Morgan fingerprint density at radius 3 is 2.67 bits per heavy atom. The van der Waals surface area contributed by atoms with Crippen LogP contribution in [0.2, 0.25) is 10.0 Å². The van der Waals surface area contributed by atoms with Crippen molar-refractivity contribution in [3.8, 4) is 0 Å². The lowest BCUT2D eigenvalue weighted by Crippen LogP contribution is -2.45. The van der Waals surface area contributed by atoms with Crippen LogP contribution in [0, 0.1) is 5.92 Å². The number of piperidine rings is 1. The SMILES string of the molecule is N/C(=N/O)C1CCCN(C(=O)Nc2cc(Cl)cc(Cl)c2)C1. The molecule has 0 bridgehead atoms. The number of halogens is 2. The number of nitrogens with one attached hydrogen (secondary N) is 1. The average Bonchev–Trinajstić information content (AvgIpc) is 2.45. The van der Waals surface area contributed by atoms with E-state index in [1.54, 1.807) is 23.1 Å². The Morgan fingerprint density at radius 1 is 1.38 bits per heavy atom. The van der Waals surface area contributed by atoms with Crippen LogP contribution in [0.25, 0.3) is 0 Å². The molecule has 0 aliphatic carbocycles. The maximum absolute atomic E-state index is 12.2. The molecule has 4 N–H and O–H groups in total. The minimum atomic E-state index is -0.260. The number of carbonyl (C=O) groups is 1. The fourth-order valence-corrected chi connectivity index (χ4v) is 2.84. The quantitative estimate of drug-likeness (QED) is 0.337. The van der Waals surface area contributed by atoms with E-state index in [9.17, 15) is 4.79 Å². The Kier molecular flexibility index (Phi) is 5.14. The average molecular weight is 331 g/mol. The van der Waals surface area contributed by atoms with E-state index >= 15 is 0 Å². The molecule has 1 aliphatic rings. The highest BCUT2D eigenvalue weighted by molar-refractivity contribution is 6.35. The number of benzene rings is 1. The molecule has 1 saturated heterocycles. The third kappa shape index (κ3) is 4.15. The van der Waals surface area contributed by atoms with Crippen LogP contribution in [0.15, 0.2) is 23.4 Å². The Morgan fingerprint density at radius 2 is 2.05 bits per heavy atom. The Hall–Kier alpha value is -1.66. The number of likely N-dealkylation sites (tertiary alicyclic amines) is 1. The predicted octanol–water partition coefficient (Wildman–Crippen LogP) is 2.98. The van der Waals surface area contributed by atoms with Gasteiger partial charge in [0, 0.05) is 34.7 Å². The van der Waals surface area contributed by atoms with Crippen molar-refractivity contribution in [2.45, 2.75) is 12.8 Å². The zero-order chi connectivity index (χ0) is 15.4. The van der Waals surface area contributed by atoms with Crippen molar-refractivity contribution < 1.29 is 10.0 Å². The van der Waals surface area contributed by atoms with Crippen LogP contribution in [0.3, 0.4) is 0 Å². The van der Waals surface area contributed by atoms with E-state index in [0.717, 1.165) is 12.8 Å². The van der Waals surface area contributed by atoms with Crippen molar-refractivity contribution in [3.05, 3.63) is 28.2 Å². The summed E-state index contributed by atoms with van der Waals surface area (Å²) in [5, 5.41) is 15.4. The van der Waals surface area contributed by atoms with Gasteiger partial charge < -0.3 is 21.2 Å². The second-order valence-corrected chi connectivity index (χ2v) is 5.77. The molecule has 1 atom stereocenters. The first-order valence-corrected chi connectivity index (χ1v) is 7.24. The first-order valence-electron chi connectivity index (χ1n) is 6.49. The molecule has 2 amide bonds. The molecule has 0 aromatic heterocycles. The zero-order valence-electron chi connectivity index (χ0n) is 11.2. The van der Waals surface area contributed by atoms with Gasteiger partial charge in [0.1, 0.15) is 5.84 Å². The fraction of sp³-hybridized carbons (Fsp3) is 0.385. The molecule has 114 valence electrons. The van der Waals surface area contributed by atoms with Gasteiger partial charge in [-0.15, -0.1) is 0 Å². The Bertz CT molecular complexity index is 545. The summed E-state index contributed by atoms with van der Waals surface area (Å²) in [6.45, 7) is 1.03. The highest BCUT2D eigenvalue weighted by Crippen LogP contribution is 2.23. The molecule has 0 radical (unpaired) electrons. The van der Waals surface area contributed by atoms with Crippen molar-refractivity contribution in [3.63, 3.8) is 0 Å². The normalized spacial score (nSPS) is 19.4. The summed E-state index contributed by atoms with van der Waals surface area (Å²) in [5.41, 5.74) is 6.14. The van der Waals surface area contributed by atoms with Gasteiger partial charge in [-0.25, -0.2) is 4.79 Å². The predicted molar refractivity (Wildman–Crippen MR) is 83.2 cm³/mol. The summed E-state index contributed by atoms with van der Waals surface area (Å²) in [4.78, 5) is 13.9. The molecule has 2 rings (SSSR count). The van der Waals surface area contributed by atoms with Gasteiger partial charge in [0.2, 0.25) is 0 Å². The van der Waals surface area contributed by atoms with Gasteiger partial charge in [0.05, 0.1) is 0 Å². The van der Waals surface area contributed by atoms with Crippen LogP contribution in [0.1, 0.15) is 12.8 Å². The lowest BCUT2D eigenvalue weighted by molar-refractivity contribution is 0.190. The summed E-state index contributed by atoms with van der Waals surface area (Å²) in [6.07, 6.45) is 1.59. The highest BCUT2D eigenvalue weighted by atomic mass is 35.5. The van der Waals surface area contributed by atoms with Crippen molar-refractivity contribution in [1.82, 2.24) is 4.90 Å². The van der Waals surface area contributed by atoms with E-state index < -0.39 is 0 Å². The number of oxime groups is 1. The van der Waals surface area contributed by atoms with Crippen molar-refractivity contribution in [2.75, 3.05) is 18.4 Å². The van der Waals surface area contributed by atoms with Crippen LogP contribution >= 0.6 is 23.2 Å². The molecule has 1 fully saturated rings. The van der Waals surface area contributed by atoms with E-state index in [-0.39, 0.29) is 17.8 Å². The van der Waals surface area contributed by atoms with Gasteiger partial charge in [-0.3, -0.25) is 0 Å². The van der Waals surface area contributed by atoms with E-state index in [4.69, 9.17) is 34.1 Å². The number of hydrogen-bond donors (Lipinski definition) is 3. The second-order valence-electron chi connectivity index (χ2n) is 4.90. The van der Waals surface area contributed by atoms with Crippen molar-refractivity contribution >= 4 is 40.8 Å². The Balaban J connectivity index is 2.02. The monoisotopic (exact) mass is 330 g/mol. The van der Waals surface area contributed by atoms with Gasteiger partial charge >= 0.3 is 6.03 Å². The molecule has 1 aromatic carbocycles. The summed E-state index contributed by atoms with van der Waals surface area (Å²) in [5.74, 6) is 0.0238. The van der Waals surface area contributed by atoms with E-state index in [1.165, 1.54) is 0 Å². The molecule has 8 heteroatoms. The van der Waals surface area contributed by atoms with Gasteiger partial charge in [-0.2, -0.15) is 0 Å². The second kappa shape index (κ2) is 6.87. The molecule has 0 saturated carbocycles. The molecular formula is C13H16Cl2N4O2. The number of amidine groups is 1. The number of nitrogens with zero attached hydrogens (tertiary/aromatic N) is 2. The van der Waals surface area contributed by atoms with Gasteiger partial charge in [0.15, 0.2) is 0 Å². The molecule has 1 aromatic rings. The van der Waals surface area contributed by atoms with Gasteiger partial charge in [0.25, 0.3) is 0 Å². The minimum absolute atomic E-state index is 0.127. The maximum atomic E-state index is 12.2. The minimum Gasteiger partial charge on any atom is -0.409 e. The summed E-state index contributed by atoms with van der Waals surface area (Å²) in [7, 11) is 0. The summed E-state index contributed by atoms with van der Waals surface area (Å²) >= 11 is 11.8. The zero-order valence-corrected chi connectivity index (χ0v) is 12.7. The van der Waals surface area contributed by atoms with Gasteiger partial charge in [-0.05, 0) is 31.0 Å². The number of carbonyl (C=O) groups excluding carboxylic acids is 1. The highest BCUT2D eigenvalue weighted by Gasteiger charge is 2.26. The smallest absolute Gasteiger partial charge is 0.321 e. The first kappa shape index (κ1) is 15.7. The van der Waals surface area contributed by atoms with Crippen LogP contribution in [0.4, 0.5) is 10.5 Å². The Labute approximate surface area is 132 Å². The van der Waals surface area contributed by atoms with Crippen LogP contribution in [-0.2, 0) is 0 Å². The third-order valence-electron chi connectivity index (χ3n) is 3.36. The topological polar surface area (TPSA) is 91.0 Å². The molecule has 0 spiro atoms. The number of nitrogens with two attached hydrogens (primary N) is 1. The van der Waals surface area contributed by atoms with Crippen LogP contribution in [0.5, 0.6) is 0 Å². The van der Waals surface area contributed by atoms with Gasteiger partial charge in [-0.1, -0.05) is 28.4 Å². The van der Waals surface area contributed by atoms with E-state index in [0.29, 0.717) is 28.8 Å². The van der Waals surface area contributed by atoms with E-state index in [2.05, 4.69) is 10.5 Å². The number of hydrogen-bond acceptors (Lipinski definition) is 3. The summed E-state index contributed by atoms with van der Waals surface area (Å²) < 4.78 is 0. The fourth-order valence-electron chi connectivity index (χ4n) is 2.31. The number of urea groups is 1. The molecule has 1 unspecified atom stereocenters. The first-order chi connectivity index (χ1) is 9.99. The largest absolute Gasteiger partial charge is 0.409 e. The third-order valence-corrected chi connectivity index (χ3v) is 3.79. The summed E-state index contributed by atoms with van der Waals surface area (Å²) in [6, 6.07) is 4.57. The van der Waals surface area contributed by atoms with Crippen molar-refractivity contribution in [1.29, 1.82) is 0 Å². The lowest BCUT2D eigenvalue weighted by Gasteiger charge is -2.32.